The molecule has 0 fully saturated rings. The average molecular weight is 260 g/mol. The molecule has 0 saturated carbocycles. The Labute approximate surface area is 114 Å². The number of rotatable bonds is 5. The van der Waals surface area contributed by atoms with Gasteiger partial charge >= 0.3 is 0 Å². The van der Waals surface area contributed by atoms with Crippen LogP contribution in [0.5, 0.6) is 5.75 Å². The van der Waals surface area contributed by atoms with Crippen molar-refractivity contribution >= 4 is 5.91 Å². The summed E-state index contributed by atoms with van der Waals surface area (Å²) >= 11 is 0. The monoisotopic (exact) mass is 260 g/mol. The summed E-state index contributed by atoms with van der Waals surface area (Å²) in [5, 5.41) is 0. The van der Waals surface area contributed by atoms with Gasteiger partial charge in [-0.25, -0.2) is 0 Å². The van der Waals surface area contributed by atoms with Crippen molar-refractivity contribution in [3.63, 3.8) is 0 Å². The lowest BCUT2D eigenvalue weighted by atomic mass is 10.1. The first kappa shape index (κ1) is 13.6. The van der Waals surface area contributed by atoms with Crippen LogP contribution in [0.2, 0.25) is 0 Å². The SMILES string of the molecule is CCCCC1C=CCN1C(=O)c1cc(OC)ccn1. The molecular weight excluding hydrogens is 240 g/mol. The minimum atomic E-state index is -0.0231. The van der Waals surface area contributed by atoms with Crippen LogP contribution in [0, 0.1) is 0 Å². The maximum atomic E-state index is 12.5. The van der Waals surface area contributed by atoms with E-state index in [1.54, 1.807) is 25.4 Å². The van der Waals surface area contributed by atoms with Gasteiger partial charge < -0.3 is 9.64 Å². The van der Waals surface area contributed by atoms with Crippen LogP contribution in [0.1, 0.15) is 36.7 Å². The first-order chi connectivity index (χ1) is 9.26. The summed E-state index contributed by atoms with van der Waals surface area (Å²) in [5.74, 6) is 0.639. The zero-order chi connectivity index (χ0) is 13.7. The number of carbonyl (C=O) groups is 1. The molecule has 0 N–H and O–H groups in total. The van der Waals surface area contributed by atoms with Crippen molar-refractivity contribution < 1.29 is 9.53 Å². The predicted molar refractivity (Wildman–Crippen MR) is 74.3 cm³/mol. The first-order valence-electron chi connectivity index (χ1n) is 6.74. The molecule has 19 heavy (non-hydrogen) atoms. The highest BCUT2D eigenvalue weighted by molar-refractivity contribution is 5.93. The second-order valence-corrected chi connectivity index (χ2v) is 4.68. The van der Waals surface area contributed by atoms with Gasteiger partial charge in [-0.15, -0.1) is 0 Å². The van der Waals surface area contributed by atoms with Gasteiger partial charge in [0.1, 0.15) is 11.4 Å². The molecule has 102 valence electrons. The van der Waals surface area contributed by atoms with Gasteiger partial charge in [0.25, 0.3) is 5.91 Å². The number of ether oxygens (including phenoxy) is 1. The van der Waals surface area contributed by atoms with Crippen molar-refractivity contribution in [2.75, 3.05) is 13.7 Å². The van der Waals surface area contributed by atoms with Gasteiger partial charge in [-0.3, -0.25) is 9.78 Å². The molecule has 1 aliphatic rings. The molecule has 1 aliphatic heterocycles. The Hall–Kier alpha value is -1.84. The standard InChI is InChI=1S/C15H20N2O2/c1-3-4-6-12-7-5-10-17(12)15(18)14-11-13(19-2)8-9-16-14/h5,7-9,11-12H,3-4,6,10H2,1-2H3. The second kappa shape index (κ2) is 6.36. The van der Waals surface area contributed by atoms with E-state index in [1.807, 2.05) is 4.90 Å². The van der Waals surface area contributed by atoms with Crippen LogP contribution in [0.25, 0.3) is 0 Å². The Morgan fingerprint density at radius 3 is 3.16 bits per heavy atom. The van der Waals surface area contributed by atoms with Crippen molar-refractivity contribution in [3.05, 3.63) is 36.2 Å². The lowest BCUT2D eigenvalue weighted by Gasteiger charge is -2.24. The van der Waals surface area contributed by atoms with E-state index in [9.17, 15) is 4.79 Å². The number of pyridine rings is 1. The van der Waals surface area contributed by atoms with E-state index in [-0.39, 0.29) is 11.9 Å². The smallest absolute Gasteiger partial charge is 0.273 e. The largest absolute Gasteiger partial charge is 0.497 e. The van der Waals surface area contributed by atoms with Gasteiger partial charge in [-0.2, -0.15) is 0 Å². The number of amides is 1. The van der Waals surface area contributed by atoms with Crippen molar-refractivity contribution in [1.29, 1.82) is 0 Å². The number of aromatic nitrogens is 1. The zero-order valence-electron chi connectivity index (χ0n) is 11.5. The van der Waals surface area contributed by atoms with E-state index in [1.165, 1.54) is 0 Å². The van der Waals surface area contributed by atoms with Crippen LogP contribution in [-0.4, -0.2) is 35.5 Å². The zero-order valence-corrected chi connectivity index (χ0v) is 11.5. The van der Waals surface area contributed by atoms with E-state index in [2.05, 4.69) is 24.1 Å². The number of nitrogens with zero attached hydrogens (tertiary/aromatic N) is 2. The molecule has 2 heterocycles. The number of hydrogen-bond acceptors (Lipinski definition) is 3. The van der Waals surface area contributed by atoms with E-state index < -0.39 is 0 Å². The third-order valence-corrected chi connectivity index (χ3v) is 3.36. The number of methoxy groups -OCH3 is 1. The highest BCUT2D eigenvalue weighted by atomic mass is 16.5. The summed E-state index contributed by atoms with van der Waals surface area (Å²) in [6.07, 6.45) is 9.07. The van der Waals surface area contributed by atoms with Crippen molar-refractivity contribution in [1.82, 2.24) is 9.88 Å². The summed E-state index contributed by atoms with van der Waals surface area (Å²) in [5.41, 5.74) is 0.449. The molecule has 1 aromatic heterocycles. The Kier molecular flexibility index (Phi) is 4.55. The Morgan fingerprint density at radius 1 is 1.58 bits per heavy atom. The highest BCUT2D eigenvalue weighted by Crippen LogP contribution is 2.19. The molecule has 4 heteroatoms. The summed E-state index contributed by atoms with van der Waals surface area (Å²) in [6.45, 7) is 2.83. The van der Waals surface area contributed by atoms with E-state index >= 15 is 0 Å². The fraction of sp³-hybridized carbons (Fsp3) is 0.467. The van der Waals surface area contributed by atoms with Crippen LogP contribution >= 0.6 is 0 Å². The fourth-order valence-electron chi connectivity index (χ4n) is 2.27. The molecule has 0 aliphatic carbocycles. The second-order valence-electron chi connectivity index (χ2n) is 4.68. The van der Waals surface area contributed by atoms with Crippen LogP contribution < -0.4 is 4.74 Å². The molecule has 1 atom stereocenters. The van der Waals surface area contributed by atoms with Gasteiger partial charge in [0.15, 0.2) is 0 Å². The lowest BCUT2D eigenvalue weighted by molar-refractivity contribution is 0.0737. The van der Waals surface area contributed by atoms with Crippen molar-refractivity contribution in [2.24, 2.45) is 0 Å². The van der Waals surface area contributed by atoms with Crippen molar-refractivity contribution in [3.8, 4) is 5.75 Å². The van der Waals surface area contributed by atoms with Crippen LogP contribution in [0.15, 0.2) is 30.5 Å². The minimum absolute atomic E-state index is 0.0231. The third-order valence-electron chi connectivity index (χ3n) is 3.36. The lowest BCUT2D eigenvalue weighted by Crippen LogP contribution is -2.36. The molecule has 0 radical (unpaired) electrons. The van der Waals surface area contributed by atoms with Gasteiger partial charge in [0.2, 0.25) is 0 Å². The summed E-state index contributed by atoms with van der Waals surface area (Å²) < 4.78 is 5.13. The van der Waals surface area contributed by atoms with E-state index in [0.717, 1.165) is 19.3 Å². The molecule has 0 bridgehead atoms. The number of unbranched alkanes of at least 4 members (excludes halogenated alkanes) is 1. The van der Waals surface area contributed by atoms with Gasteiger partial charge in [0, 0.05) is 18.8 Å². The normalized spacial score (nSPS) is 17.8. The van der Waals surface area contributed by atoms with Gasteiger partial charge in [-0.05, 0) is 12.5 Å². The molecule has 2 rings (SSSR count). The van der Waals surface area contributed by atoms with Gasteiger partial charge in [0.05, 0.1) is 13.2 Å². The molecule has 1 amide bonds. The molecule has 1 unspecified atom stereocenters. The maximum absolute atomic E-state index is 12.5. The molecule has 1 aromatic rings. The van der Waals surface area contributed by atoms with Crippen LogP contribution in [-0.2, 0) is 0 Å². The molecule has 0 aromatic carbocycles. The van der Waals surface area contributed by atoms with E-state index in [4.69, 9.17) is 4.74 Å². The third kappa shape index (κ3) is 3.13. The summed E-state index contributed by atoms with van der Waals surface area (Å²) in [4.78, 5) is 18.5. The average Bonchev–Trinajstić information content (AvgIpc) is 2.92. The summed E-state index contributed by atoms with van der Waals surface area (Å²) in [6, 6.07) is 3.64. The van der Waals surface area contributed by atoms with Crippen LogP contribution in [0.3, 0.4) is 0 Å². The Balaban J connectivity index is 2.10. The topological polar surface area (TPSA) is 42.4 Å². The Bertz CT molecular complexity index is 471. The minimum Gasteiger partial charge on any atom is -0.497 e. The maximum Gasteiger partial charge on any atom is 0.273 e. The number of hydrogen-bond donors (Lipinski definition) is 0. The molecule has 0 spiro atoms. The highest BCUT2D eigenvalue weighted by Gasteiger charge is 2.26. The van der Waals surface area contributed by atoms with Crippen molar-refractivity contribution in [2.45, 2.75) is 32.2 Å². The van der Waals surface area contributed by atoms with Gasteiger partial charge in [-0.1, -0.05) is 31.9 Å². The summed E-state index contributed by atoms with van der Waals surface area (Å²) in [7, 11) is 1.59. The van der Waals surface area contributed by atoms with Crippen LogP contribution in [0.4, 0.5) is 0 Å². The quantitative estimate of drug-likeness (QED) is 0.764. The molecule has 0 saturated heterocycles. The molecular formula is C15H20N2O2. The first-order valence-corrected chi connectivity index (χ1v) is 6.74. The Morgan fingerprint density at radius 2 is 2.42 bits per heavy atom. The van der Waals surface area contributed by atoms with E-state index in [0.29, 0.717) is 18.0 Å². The predicted octanol–water partition coefficient (Wildman–Crippen LogP) is 2.66. The fourth-order valence-corrected chi connectivity index (χ4v) is 2.27. The molecule has 4 nitrogen and oxygen atoms in total. The number of carbonyl (C=O) groups excluding carboxylic acids is 1.